The number of ether oxygens (including phenoxy) is 2. The van der Waals surface area contributed by atoms with E-state index >= 15 is 0 Å². The van der Waals surface area contributed by atoms with Crippen molar-refractivity contribution in [2.24, 2.45) is 16.9 Å². The predicted octanol–water partition coefficient (Wildman–Crippen LogP) is -0.140. The van der Waals surface area contributed by atoms with Crippen LogP contribution in [0.2, 0.25) is 0 Å². The minimum Gasteiger partial charge on any atom is -0.466 e. The van der Waals surface area contributed by atoms with E-state index in [4.69, 9.17) is 9.47 Å². The van der Waals surface area contributed by atoms with E-state index in [0.29, 0.717) is 11.3 Å². The SMILES string of the molecule is CCOC(=O)[C@H]1CC(=NNC(=O)CCn2cc(C)c(=O)[nH]c2=O)C[C@H]1C(=O)OCC. The van der Waals surface area contributed by atoms with Crippen molar-refractivity contribution in [3.05, 3.63) is 32.6 Å². The third-order valence-corrected chi connectivity index (χ3v) is 4.68. The Kier molecular flexibility index (Phi) is 8.07. The number of amides is 1. The second kappa shape index (κ2) is 10.5. The van der Waals surface area contributed by atoms with Crippen LogP contribution in [0.3, 0.4) is 0 Å². The third-order valence-electron chi connectivity index (χ3n) is 4.68. The quantitative estimate of drug-likeness (QED) is 0.437. The van der Waals surface area contributed by atoms with Gasteiger partial charge in [0.2, 0.25) is 5.91 Å². The summed E-state index contributed by atoms with van der Waals surface area (Å²) >= 11 is 0. The molecule has 2 N–H and O–H groups in total. The molecule has 11 heteroatoms. The van der Waals surface area contributed by atoms with Crippen molar-refractivity contribution in [2.75, 3.05) is 13.2 Å². The summed E-state index contributed by atoms with van der Waals surface area (Å²) in [5.41, 5.74) is 2.15. The molecule has 164 valence electrons. The molecule has 1 amide bonds. The van der Waals surface area contributed by atoms with E-state index in [1.165, 1.54) is 10.8 Å². The van der Waals surface area contributed by atoms with Crippen LogP contribution in [-0.4, -0.2) is 46.3 Å². The zero-order chi connectivity index (χ0) is 22.3. The van der Waals surface area contributed by atoms with Gasteiger partial charge in [-0.25, -0.2) is 10.2 Å². The summed E-state index contributed by atoms with van der Waals surface area (Å²) in [6.45, 7) is 5.35. The molecule has 1 fully saturated rings. The Hall–Kier alpha value is -3.24. The van der Waals surface area contributed by atoms with Crippen LogP contribution in [-0.2, 0) is 30.4 Å². The van der Waals surface area contributed by atoms with Gasteiger partial charge in [0.1, 0.15) is 0 Å². The Labute approximate surface area is 172 Å². The van der Waals surface area contributed by atoms with Crippen molar-refractivity contribution in [3.8, 4) is 0 Å². The monoisotopic (exact) mass is 422 g/mol. The highest BCUT2D eigenvalue weighted by molar-refractivity contribution is 5.98. The average molecular weight is 422 g/mol. The Morgan fingerprint density at radius 1 is 1.13 bits per heavy atom. The fraction of sp³-hybridized carbons (Fsp3) is 0.579. The molecular weight excluding hydrogens is 396 g/mol. The van der Waals surface area contributed by atoms with Crippen LogP contribution >= 0.6 is 0 Å². The molecule has 0 spiro atoms. The first-order chi connectivity index (χ1) is 14.3. The van der Waals surface area contributed by atoms with Gasteiger partial charge in [0.15, 0.2) is 0 Å². The van der Waals surface area contributed by atoms with E-state index in [9.17, 15) is 24.0 Å². The Morgan fingerprint density at radius 2 is 1.70 bits per heavy atom. The highest BCUT2D eigenvalue weighted by Gasteiger charge is 2.43. The van der Waals surface area contributed by atoms with Gasteiger partial charge in [-0.3, -0.25) is 28.7 Å². The van der Waals surface area contributed by atoms with E-state index in [1.807, 2.05) is 0 Å². The zero-order valence-corrected chi connectivity index (χ0v) is 17.2. The molecule has 1 aromatic rings. The molecule has 1 aromatic heterocycles. The summed E-state index contributed by atoms with van der Waals surface area (Å²) < 4.78 is 11.3. The van der Waals surface area contributed by atoms with Crippen LogP contribution < -0.4 is 16.7 Å². The summed E-state index contributed by atoms with van der Waals surface area (Å²) in [4.78, 5) is 61.7. The molecule has 0 saturated heterocycles. The molecule has 0 radical (unpaired) electrons. The summed E-state index contributed by atoms with van der Waals surface area (Å²) in [5, 5.41) is 4.03. The van der Waals surface area contributed by atoms with Crippen LogP contribution in [0.4, 0.5) is 0 Å². The van der Waals surface area contributed by atoms with E-state index in [-0.39, 0.29) is 39.0 Å². The third kappa shape index (κ3) is 5.88. The van der Waals surface area contributed by atoms with Crippen molar-refractivity contribution in [3.63, 3.8) is 0 Å². The van der Waals surface area contributed by atoms with E-state index < -0.39 is 40.9 Å². The van der Waals surface area contributed by atoms with Gasteiger partial charge in [-0.15, -0.1) is 0 Å². The molecule has 1 saturated carbocycles. The molecule has 1 aliphatic carbocycles. The minimum atomic E-state index is -0.706. The van der Waals surface area contributed by atoms with Crippen LogP contribution in [0.25, 0.3) is 0 Å². The number of aryl methyl sites for hydroxylation is 2. The number of hydrogen-bond acceptors (Lipinski definition) is 8. The molecule has 0 bridgehead atoms. The fourth-order valence-corrected chi connectivity index (χ4v) is 3.16. The van der Waals surface area contributed by atoms with Gasteiger partial charge in [-0.05, 0) is 20.8 Å². The molecule has 0 unspecified atom stereocenters. The largest absolute Gasteiger partial charge is 0.466 e. The lowest BCUT2D eigenvalue weighted by Gasteiger charge is -2.15. The number of H-pyrrole nitrogens is 1. The van der Waals surface area contributed by atoms with Gasteiger partial charge >= 0.3 is 17.6 Å². The highest BCUT2D eigenvalue weighted by atomic mass is 16.5. The van der Waals surface area contributed by atoms with Gasteiger partial charge in [-0.1, -0.05) is 0 Å². The van der Waals surface area contributed by atoms with Gasteiger partial charge in [0, 0.05) is 43.3 Å². The van der Waals surface area contributed by atoms with E-state index in [2.05, 4.69) is 15.5 Å². The minimum absolute atomic E-state index is 0.0508. The van der Waals surface area contributed by atoms with Crippen LogP contribution in [0.5, 0.6) is 0 Å². The smallest absolute Gasteiger partial charge is 0.328 e. The number of nitrogens with zero attached hydrogens (tertiary/aromatic N) is 2. The predicted molar refractivity (Wildman–Crippen MR) is 106 cm³/mol. The number of nitrogens with one attached hydrogen (secondary N) is 2. The van der Waals surface area contributed by atoms with Crippen molar-refractivity contribution in [1.29, 1.82) is 0 Å². The molecule has 0 aliphatic heterocycles. The summed E-state index contributed by atoms with van der Waals surface area (Å²) in [6, 6.07) is 0. The first-order valence-electron chi connectivity index (χ1n) is 9.74. The van der Waals surface area contributed by atoms with Crippen LogP contribution in [0.1, 0.15) is 38.7 Å². The Morgan fingerprint density at radius 3 is 2.23 bits per heavy atom. The molecular formula is C19H26N4O7. The molecule has 11 nitrogen and oxygen atoms in total. The maximum atomic E-state index is 12.2. The van der Waals surface area contributed by atoms with E-state index in [0.717, 1.165) is 0 Å². The topological polar surface area (TPSA) is 149 Å². The normalized spacial score (nSPS) is 19.5. The first kappa shape index (κ1) is 23.0. The maximum Gasteiger partial charge on any atom is 0.328 e. The number of hydrazone groups is 1. The summed E-state index contributed by atoms with van der Waals surface area (Å²) in [6.07, 6.45) is 1.69. The number of carbonyl (C=O) groups is 3. The lowest BCUT2D eigenvalue weighted by atomic mass is 9.96. The lowest BCUT2D eigenvalue weighted by molar-refractivity contribution is -0.158. The van der Waals surface area contributed by atoms with Gasteiger partial charge < -0.3 is 9.47 Å². The van der Waals surface area contributed by atoms with Crippen LogP contribution in [0.15, 0.2) is 20.9 Å². The van der Waals surface area contributed by atoms with Gasteiger partial charge in [0.25, 0.3) is 5.56 Å². The molecule has 1 heterocycles. The van der Waals surface area contributed by atoms with Crippen molar-refractivity contribution in [1.82, 2.24) is 15.0 Å². The standard InChI is InChI=1S/C19H26N4O7/c1-4-29-17(26)13-8-12(9-14(13)18(27)30-5-2)21-22-15(24)6-7-23-10-11(3)16(25)20-19(23)28/h10,13-14H,4-9H2,1-3H3,(H,22,24)(H,20,25,28)/t13-,14+. The maximum absolute atomic E-state index is 12.2. The molecule has 1 aliphatic rings. The lowest BCUT2D eigenvalue weighted by Crippen LogP contribution is -2.32. The van der Waals surface area contributed by atoms with E-state index in [1.54, 1.807) is 20.8 Å². The van der Waals surface area contributed by atoms with Gasteiger partial charge in [-0.2, -0.15) is 5.10 Å². The first-order valence-corrected chi connectivity index (χ1v) is 9.74. The second-order valence-electron chi connectivity index (χ2n) is 6.85. The molecule has 0 aromatic carbocycles. The molecule has 2 atom stereocenters. The fourth-order valence-electron chi connectivity index (χ4n) is 3.16. The molecule has 30 heavy (non-hydrogen) atoms. The number of esters is 2. The summed E-state index contributed by atoms with van der Waals surface area (Å²) in [7, 11) is 0. The molecule has 2 rings (SSSR count). The number of aromatic nitrogens is 2. The Bertz CT molecular complexity index is 919. The average Bonchev–Trinajstić information content (AvgIpc) is 3.13. The van der Waals surface area contributed by atoms with Crippen molar-refractivity contribution < 1.29 is 23.9 Å². The Balaban J connectivity index is 1.99. The number of aromatic amines is 1. The van der Waals surface area contributed by atoms with Gasteiger partial charge in [0.05, 0.1) is 25.0 Å². The van der Waals surface area contributed by atoms with Crippen LogP contribution in [0, 0.1) is 18.8 Å². The number of carbonyl (C=O) groups excluding carboxylic acids is 3. The summed E-state index contributed by atoms with van der Waals surface area (Å²) in [5.74, 6) is -2.87. The number of rotatable bonds is 8. The second-order valence-corrected chi connectivity index (χ2v) is 6.85. The van der Waals surface area contributed by atoms with Crippen molar-refractivity contribution >= 4 is 23.6 Å². The number of hydrogen-bond donors (Lipinski definition) is 2. The van der Waals surface area contributed by atoms with Crippen molar-refractivity contribution in [2.45, 2.75) is 46.6 Å². The zero-order valence-electron chi connectivity index (χ0n) is 17.2. The highest BCUT2D eigenvalue weighted by Crippen LogP contribution is 2.32.